The summed E-state index contributed by atoms with van der Waals surface area (Å²) in [5.74, 6) is -0.0594. The van der Waals surface area contributed by atoms with Gasteiger partial charge in [0, 0.05) is 17.3 Å². The minimum absolute atomic E-state index is 0.0866. The first-order valence-electron chi connectivity index (χ1n) is 7.79. The van der Waals surface area contributed by atoms with E-state index in [0.717, 1.165) is 12.1 Å². The summed E-state index contributed by atoms with van der Waals surface area (Å²) >= 11 is 0. The average molecular weight is 334 g/mol. The number of aromatic nitrogens is 1. The minimum atomic E-state index is -0.579. The van der Waals surface area contributed by atoms with E-state index in [0.29, 0.717) is 24.5 Å². The first-order valence-corrected chi connectivity index (χ1v) is 7.79. The zero-order valence-electron chi connectivity index (χ0n) is 14.2. The lowest BCUT2D eigenvalue weighted by molar-refractivity contribution is -0.132. The first-order chi connectivity index (χ1) is 11.7. The standard InChI is InChI=1S/C17H22N2O5/c1-4-12-7-5-9-15(18-12)24-11-14-13(8-6-10-23-14)16(19-22-3)17(20)21-2/h5,7-9,14H,4,6,10-11H2,1-3H3/b19-16+. The number of rotatable bonds is 7. The summed E-state index contributed by atoms with van der Waals surface area (Å²) in [6.45, 7) is 2.79. The molecule has 0 amide bonds. The molecule has 130 valence electrons. The number of carbonyl (C=O) groups excluding carboxylic acids is 1. The second-order valence-electron chi connectivity index (χ2n) is 5.05. The second-order valence-corrected chi connectivity index (χ2v) is 5.05. The summed E-state index contributed by atoms with van der Waals surface area (Å²) in [5.41, 5.74) is 1.63. The maximum Gasteiger partial charge on any atom is 0.360 e. The highest BCUT2D eigenvalue weighted by Gasteiger charge is 2.29. The molecule has 0 N–H and O–H groups in total. The Morgan fingerprint density at radius 1 is 1.42 bits per heavy atom. The fourth-order valence-electron chi connectivity index (χ4n) is 2.32. The molecule has 1 unspecified atom stereocenters. The third-order valence-corrected chi connectivity index (χ3v) is 3.51. The first kappa shape index (κ1) is 17.9. The van der Waals surface area contributed by atoms with Gasteiger partial charge in [0.15, 0.2) is 5.71 Å². The van der Waals surface area contributed by atoms with Crippen LogP contribution in [0.2, 0.25) is 0 Å². The molecule has 2 rings (SSSR count). The molecule has 0 saturated heterocycles. The number of oxime groups is 1. The maximum atomic E-state index is 11.9. The van der Waals surface area contributed by atoms with E-state index in [9.17, 15) is 4.79 Å². The van der Waals surface area contributed by atoms with Crippen molar-refractivity contribution in [2.45, 2.75) is 25.9 Å². The molecule has 24 heavy (non-hydrogen) atoms. The van der Waals surface area contributed by atoms with Gasteiger partial charge in [0.25, 0.3) is 0 Å². The molecule has 0 aromatic carbocycles. The number of hydrogen-bond acceptors (Lipinski definition) is 7. The zero-order valence-corrected chi connectivity index (χ0v) is 14.2. The lowest BCUT2D eigenvalue weighted by atomic mass is 10.0. The molecule has 0 aliphatic carbocycles. The molecular formula is C17H22N2O5. The van der Waals surface area contributed by atoms with Crippen LogP contribution in [0.25, 0.3) is 0 Å². The topological polar surface area (TPSA) is 79.2 Å². The van der Waals surface area contributed by atoms with E-state index in [1.54, 1.807) is 6.07 Å². The van der Waals surface area contributed by atoms with E-state index in [4.69, 9.17) is 19.0 Å². The number of nitrogens with zero attached hydrogens (tertiary/aromatic N) is 2. The predicted octanol–water partition coefficient (Wildman–Crippen LogP) is 1.91. The molecule has 1 atom stereocenters. The molecule has 0 bridgehead atoms. The van der Waals surface area contributed by atoms with Gasteiger partial charge in [-0.15, -0.1) is 0 Å². The number of methoxy groups -OCH3 is 1. The van der Waals surface area contributed by atoms with Gasteiger partial charge in [-0.3, -0.25) is 0 Å². The SMILES string of the molecule is CCc1cccc(OCC2OCCC=C2/C(=N\OC)C(=O)OC)n1. The lowest BCUT2D eigenvalue weighted by Gasteiger charge is -2.24. The lowest BCUT2D eigenvalue weighted by Crippen LogP contribution is -2.34. The number of pyridine rings is 1. The zero-order chi connectivity index (χ0) is 17.4. The normalized spacial score (nSPS) is 17.9. The molecule has 0 radical (unpaired) electrons. The highest BCUT2D eigenvalue weighted by atomic mass is 16.6. The van der Waals surface area contributed by atoms with Gasteiger partial charge in [0.05, 0.1) is 13.7 Å². The van der Waals surface area contributed by atoms with Gasteiger partial charge >= 0.3 is 5.97 Å². The average Bonchev–Trinajstić information content (AvgIpc) is 2.64. The Kier molecular flexibility index (Phi) is 6.74. The molecule has 7 heteroatoms. The van der Waals surface area contributed by atoms with Crippen molar-refractivity contribution in [3.8, 4) is 5.88 Å². The van der Waals surface area contributed by atoms with Gasteiger partial charge in [-0.05, 0) is 18.9 Å². The maximum absolute atomic E-state index is 11.9. The summed E-state index contributed by atoms with van der Waals surface area (Å²) in [5, 5.41) is 3.77. The van der Waals surface area contributed by atoms with E-state index < -0.39 is 12.1 Å². The van der Waals surface area contributed by atoms with Crippen molar-refractivity contribution < 1.29 is 23.8 Å². The minimum Gasteiger partial charge on any atom is -0.475 e. The Hall–Kier alpha value is -2.41. The van der Waals surface area contributed by atoms with Crippen LogP contribution in [-0.2, 0) is 25.5 Å². The Labute approximate surface area is 141 Å². The fourth-order valence-corrected chi connectivity index (χ4v) is 2.32. The van der Waals surface area contributed by atoms with Crippen LogP contribution in [-0.4, -0.2) is 50.2 Å². The van der Waals surface area contributed by atoms with Gasteiger partial charge in [0.2, 0.25) is 5.88 Å². The third-order valence-electron chi connectivity index (χ3n) is 3.51. The fraction of sp³-hybridized carbons (Fsp3) is 0.471. The highest BCUT2D eigenvalue weighted by molar-refractivity contribution is 6.43. The largest absolute Gasteiger partial charge is 0.475 e. The number of esters is 1. The number of carbonyl (C=O) groups is 1. The quantitative estimate of drug-likeness (QED) is 0.430. The summed E-state index contributed by atoms with van der Waals surface area (Å²) < 4.78 is 16.2. The Morgan fingerprint density at radius 3 is 2.96 bits per heavy atom. The van der Waals surface area contributed by atoms with Crippen molar-refractivity contribution in [3.05, 3.63) is 35.5 Å². The van der Waals surface area contributed by atoms with E-state index in [2.05, 4.69) is 10.1 Å². The molecular weight excluding hydrogens is 312 g/mol. The third kappa shape index (κ3) is 4.55. The molecule has 2 heterocycles. The van der Waals surface area contributed by atoms with Gasteiger partial charge in [-0.1, -0.05) is 24.2 Å². The second kappa shape index (κ2) is 9.02. The number of aryl methyl sites for hydroxylation is 1. The van der Waals surface area contributed by atoms with Crippen molar-refractivity contribution in [1.29, 1.82) is 0 Å². The van der Waals surface area contributed by atoms with Crippen molar-refractivity contribution in [3.63, 3.8) is 0 Å². The van der Waals surface area contributed by atoms with Crippen LogP contribution in [0.15, 0.2) is 35.0 Å². The van der Waals surface area contributed by atoms with Crippen LogP contribution >= 0.6 is 0 Å². The monoisotopic (exact) mass is 334 g/mol. The van der Waals surface area contributed by atoms with E-state index in [1.165, 1.54) is 14.2 Å². The number of ether oxygens (including phenoxy) is 3. The van der Waals surface area contributed by atoms with Crippen molar-refractivity contribution >= 4 is 11.7 Å². The van der Waals surface area contributed by atoms with Gasteiger partial charge in [-0.2, -0.15) is 0 Å². The molecule has 1 aliphatic heterocycles. The van der Waals surface area contributed by atoms with Crippen LogP contribution in [0.3, 0.4) is 0 Å². The van der Waals surface area contributed by atoms with Crippen LogP contribution < -0.4 is 4.74 Å². The van der Waals surface area contributed by atoms with Crippen LogP contribution in [0, 0.1) is 0 Å². The van der Waals surface area contributed by atoms with Crippen LogP contribution in [0.1, 0.15) is 19.0 Å². The molecule has 1 aliphatic rings. The van der Waals surface area contributed by atoms with Crippen molar-refractivity contribution in [2.75, 3.05) is 27.4 Å². The number of hydrogen-bond donors (Lipinski definition) is 0. The van der Waals surface area contributed by atoms with Crippen molar-refractivity contribution in [2.24, 2.45) is 5.16 Å². The molecule has 1 aromatic rings. The smallest absolute Gasteiger partial charge is 0.360 e. The van der Waals surface area contributed by atoms with Crippen LogP contribution in [0.4, 0.5) is 0 Å². The summed E-state index contributed by atoms with van der Waals surface area (Å²) in [6, 6.07) is 5.62. The molecule has 0 saturated carbocycles. The van der Waals surface area contributed by atoms with E-state index >= 15 is 0 Å². The van der Waals surface area contributed by atoms with E-state index in [1.807, 2.05) is 25.1 Å². The molecule has 1 aromatic heterocycles. The molecule has 7 nitrogen and oxygen atoms in total. The van der Waals surface area contributed by atoms with Gasteiger partial charge < -0.3 is 19.0 Å². The van der Waals surface area contributed by atoms with Crippen LogP contribution in [0.5, 0.6) is 5.88 Å². The predicted molar refractivity (Wildman–Crippen MR) is 88.0 cm³/mol. The summed E-state index contributed by atoms with van der Waals surface area (Å²) in [6.07, 6.45) is 2.95. The van der Waals surface area contributed by atoms with Gasteiger partial charge in [-0.25, -0.2) is 9.78 Å². The Balaban J connectivity index is 2.12. The van der Waals surface area contributed by atoms with Crippen molar-refractivity contribution in [1.82, 2.24) is 4.98 Å². The Morgan fingerprint density at radius 2 is 2.25 bits per heavy atom. The summed E-state index contributed by atoms with van der Waals surface area (Å²) in [7, 11) is 2.67. The molecule has 0 fully saturated rings. The van der Waals surface area contributed by atoms with E-state index in [-0.39, 0.29) is 12.3 Å². The Bertz CT molecular complexity index is 627. The highest BCUT2D eigenvalue weighted by Crippen LogP contribution is 2.19. The summed E-state index contributed by atoms with van der Waals surface area (Å²) in [4.78, 5) is 21.1. The van der Waals surface area contributed by atoms with Gasteiger partial charge in [0.1, 0.15) is 19.8 Å². The molecule has 0 spiro atoms.